The number of rotatable bonds is 4. The maximum atomic E-state index is 13.8. The highest BCUT2D eigenvalue weighted by molar-refractivity contribution is 7.88. The minimum absolute atomic E-state index is 0.182. The SMILES string of the molecule is O=c1c2cccnc2ncn1C1CCN(S(=O)(=O)Cc2cc(F)ccc2F)CC1. The third-order valence-corrected chi connectivity index (χ3v) is 6.94. The smallest absolute Gasteiger partial charge is 0.263 e. The fourth-order valence-corrected chi connectivity index (χ4v) is 5.14. The number of nitrogens with zero attached hydrogens (tertiary/aromatic N) is 4. The van der Waals surface area contributed by atoms with Gasteiger partial charge in [0.15, 0.2) is 5.65 Å². The van der Waals surface area contributed by atoms with Gasteiger partial charge in [0.2, 0.25) is 10.0 Å². The predicted octanol–water partition coefficient (Wildman–Crippen LogP) is 2.24. The second-order valence-corrected chi connectivity index (χ2v) is 8.92. The average molecular weight is 420 g/mol. The molecule has 0 aliphatic carbocycles. The van der Waals surface area contributed by atoms with Gasteiger partial charge in [-0.05, 0) is 43.2 Å². The molecule has 29 heavy (non-hydrogen) atoms. The summed E-state index contributed by atoms with van der Waals surface area (Å²) in [4.78, 5) is 20.9. The van der Waals surface area contributed by atoms with Crippen LogP contribution >= 0.6 is 0 Å². The third kappa shape index (κ3) is 3.90. The first-order chi connectivity index (χ1) is 13.8. The number of hydrogen-bond donors (Lipinski definition) is 0. The molecule has 1 aliphatic rings. The molecule has 0 amide bonds. The van der Waals surface area contributed by atoms with Crippen LogP contribution in [0, 0.1) is 11.6 Å². The van der Waals surface area contributed by atoms with E-state index in [1.807, 2.05) is 0 Å². The first kappa shape index (κ1) is 19.6. The molecule has 3 heterocycles. The summed E-state index contributed by atoms with van der Waals surface area (Å²) >= 11 is 0. The van der Waals surface area contributed by atoms with Crippen LogP contribution < -0.4 is 5.56 Å². The van der Waals surface area contributed by atoms with E-state index in [4.69, 9.17) is 0 Å². The zero-order valence-corrected chi connectivity index (χ0v) is 16.1. The Morgan fingerprint density at radius 3 is 2.62 bits per heavy atom. The van der Waals surface area contributed by atoms with Crippen LogP contribution in [-0.4, -0.2) is 40.3 Å². The topological polar surface area (TPSA) is 85.2 Å². The molecule has 0 bridgehead atoms. The van der Waals surface area contributed by atoms with Gasteiger partial charge in [0.1, 0.15) is 18.0 Å². The maximum Gasteiger partial charge on any atom is 0.263 e. The molecule has 2 aromatic heterocycles. The number of halogens is 2. The van der Waals surface area contributed by atoms with Gasteiger partial charge in [-0.3, -0.25) is 9.36 Å². The van der Waals surface area contributed by atoms with Gasteiger partial charge in [-0.1, -0.05) is 0 Å². The van der Waals surface area contributed by atoms with Gasteiger partial charge in [0, 0.05) is 30.9 Å². The largest absolute Gasteiger partial charge is 0.295 e. The van der Waals surface area contributed by atoms with Gasteiger partial charge in [-0.25, -0.2) is 31.5 Å². The lowest BCUT2D eigenvalue weighted by Crippen LogP contribution is -2.41. The summed E-state index contributed by atoms with van der Waals surface area (Å²) in [6, 6.07) is 5.88. The summed E-state index contributed by atoms with van der Waals surface area (Å²) in [7, 11) is -3.81. The molecule has 3 aromatic rings. The van der Waals surface area contributed by atoms with Gasteiger partial charge < -0.3 is 0 Å². The van der Waals surface area contributed by atoms with E-state index in [2.05, 4.69) is 9.97 Å². The molecule has 0 saturated carbocycles. The van der Waals surface area contributed by atoms with E-state index < -0.39 is 27.4 Å². The van der Waals surface area contributed by atoms with Crippen molar-refractivity contribution in [3.63, 3.8) is 0 Å². The van der Waals surface area contributed by atoms with Gasteiger partial charge in [-0.15, -0.1) is 0 Å². The van der Waals surface area contributed by atoms with Crippen molar-refractivity contribution in [3.05, 3.63) is 70.4 Å². The Morgan fingerprint density at radius 1 is 1.10 bits per heavy atom. The zero-order chi connectivity index (χ0) is 20.6. The Kier molecular flexibility index (Phi) is 5.13. The van der Waals surface area contributed by atoms with E-state index in [1.165, 1.54) is 15.2 Å². The molecule has 0 spiro atoms. The van der Waals surface area contributed by atoms with Crippen LogP contribution in [0.1, 0.15) is 24.4 Å². The predicted molar refractivity (Wildman–Crippen MR) is 103 cm³/mol. The summed E-state index contributed by atoms with van der Waals surface area (Å²) in [5.41, 5.74) is -0.0494. The third-order valence-electron chi connectivity index (χ3n) is 5.11. The summed E-state index contributed by atoms with van der Waals surface area (Å²) in [5, 5.41) is 0.409. The van der Waals surface area contributed by atoms with Crippen molar-refractivity contribution < 1.29 is 17.2 Å². The maximum absolute atomic E-state index is 13.8. The van der Waals surface area contributed by atoms with Crippen molar-refractivity contribution in [2.45, 2.75) is 24.6 Å². The Hall–Kier alpha value is -2.72. The minimum Gasteiger partial charge on any atom is -0.295 e. The number of sulfonamides is 1. The number of pyridine rings is 1. The van der Waals surface area contributed by atoms with Crippen LogP contribution in [0.25, 0.3) is 11.0 Å². The molecule has 1 aliphatic heterocycles. The molecule has 4 rings (SSSR count). The van der Waals surface area contributed by atoms with E-state index in [9.17, 15) is 22.0 Å². The Morgan fingerprint density at radius 2 is 1.86 bits per heavy atom. The van der Waals surface area contributed by atoms with Crippen molar-refractivity contribution in [2.24, 2.45) is 0 Å². The number of fused-ring (bicyclic) bond motifs is 1. The van der Waals surface area contributed by atoms with Crippen molar-refractivity contribution in [1.29, 1.82) is 0 Å². The minimum atomic E-state index is -3.81. The summed E-state index contributed by atoms with van der Waals surface area (Å²) in [6.45, 7) is 0.364. The van der Waals surface area contributed by atoms with Crippen LogP contribution in [-0.2, 0) is 15.8 Å². The first-order valence-electron chi connectivity index (χ1n) is 9.09. The summed E-state index contributed by atoms with van der Waals surface area (Å²) in [5.74, 6) is -2.05. The monoisotopic (exact) mass is 420 g/mol. The van der Waals surface area contributed by atoms with Gasteiger partial charge >= 0.3 is 0 Å². The van der Waals surface area contributed by atoms with Crippen LogP contribution in [0.2, 0.25) is 0 Å². The molecule has 1 aromatic carbocycles. The highest BCUT2D eigenvalue weighted by atomic mass is 32.2. The second-order valence-electron chi connectivity index (χ2n) is 6.95. The van der Waals surface area contributed by atoms with Crippen LogP contribution in [0.3, 0.4) is 0 Å². The number of benzene rings is 1. The molecule has 1 saturated heterocycles. The lowest BCUT2D eigenvalue weighted by Gasteiger charge is -2.32. The lowest BCUT2D eigenvalue weighted by molar-refractivity contribution is 0.269. The van der Waals surface area contributed by atoms with Gasteiger partial charge in [0.25, 0.3) is 5.56 Å². The van der Waals surface area contributed by atoms with Crippen molar-refractivity contribution in [1.82, 2.24) is 18.8 Å². The highest BCUT2D eigenvalue weighted by Gasteiger charge is 2.30. The van der Waals surface area contributed by atoms with Crippen LogP contribution in [0.5, 0.6) is 0 Å². The van der Waals surface area contributed by atoms with Crippen molar-refractivity contribution >= 4 is 21.1 Å². The zero-order valence-electron chi connectivity index (χ0n) is 15.3. The van der Waals surface area contributed by atoms with E-state index in [-0.39, 0.29) is 30.3 Å². The molecule has 0 atom stereocenters. The Labute approximate surface area is 165 Å². The molecule has 0 radical (unpaired) electrons. The van der Waals surface area contributed by atoms with Crippen LogP contribution in [0.4, 0.5) is 8.78 Å². The fraction of sp³-hybridized carbons (Fsp3) is 0.316. The standard InChI is InChI=1S/C19H18F2N4O3S/c20-14-3-4-17(21)13(10-14)11-29(27,28)24-8-5-15(6-9-24)25-12-23-18-16(19(25)26)2-1-7-22-18/h1-4,7,10,12,15H,5-6,8-9,11H2. The lowest BCUT2D eigenvalue weighted by atomic mass is 10.1. The molecule has 152 valence electrons. The highest BCUT2D eigenvalue weighted by Crippen LogP contribution is 2.25. The second kappa shape index (κ2) is 7.60. The number of aromatic nitrogens is 3. The Balaban J connectivity index is 1.50. The normalized spacial score (nSPS) is 16.3. The molecular weight excluding hydrogens is 402 g/mol. The van der Waals surface area contributed by atoms with Crippen LogP contribution in [0.15, 0.2) is 47.7 Å². The molecule has 0 N–H and O–H groups in total. The molecule has 10 heteroatoms. The number of hydrogen-bond acceptors (Lipinski definition) is 5. The number of piperidine rings is 1. The van der Waals surface area contributed by atoms with Gasteiger partial charge in [-0.2, -0.15) is 0 Å². The summed E-state index contributed by atoms with van der Waals surface area (Å²) in [6.07, 6.45) is 3.83. The van der Waals surface area contributed by atoms with E-state index >= 15 is 0 Å². The van der Waals surface area contributed by atoms with E-state index in [0.717, 1.165) is 18.2 Å². The van der Waals surface area contributed by atoms with E-state index in [0.29, 0.717) is 23.9 Å². The molecular formula is C19H18F2N4O3S. The molecule has 1 fully saturated rings. The molecule has 7 nitrogen and oxygen atoms in total. The van der Waals surface area contributed by atoms with Crippen molar-refractivity contribution in [2.75, 3.05) is 13.1 Å². The van der Waals surface area contributed by atoms with Gasteiger partial charge in [0.05, 0.1) is 11.1 Å². The Bertz CT molecular complexity index is 1220. The summed E-state index contributed by atoms with van der Waals surface area (Å²) < 4.78 is 55.2. The van der Waals surface area contributed by atoms with Crippen molar-refractivity contribution in [3.8, 4) is 0 Å². The quantitative estimate of drug-likeness (QED) is 0.646. The van der Waals surface area contributed by atoms with E-state index in [1.54, 1.807) is 18.3 Å². The molecule has 0 unspecified atom stereocenters. The first-order valence-corrected chi connectivity index (χ1v) is 10.7. The average Bonchev–Trinajstić information content (AvgIpc) is 2.71. The fourth-order valence-electron chi connectivity index (χ4n) is 3.58.